The van der Waals surface area contributed by atoms with Gasteiger partial charge in [-0.25, -0.2) is 12.8 Å². The van der Waals surface area contributed by atoms with Gasteiger partial charge in [-0.3, -0.25) is 13.9 Å². The van der Waals surface area contributed by atoms with Crippen LogP contribution in [-0.2, 0) is 38.0 Å². The molecule has 4 saturated carbocycles. The number of benzene rings is 3. The summed E-state index contributed by atoms with van der Waals surface area (Å²) < 4.78 is 42.5. The first-order chi connectivity index (χ1) is 22.0. The van der Waals surface area contributed by atoms with E-state index in [1.807, 2.05) is 42.5 Å². The molecule has 4 aliphatic carbocycles. The molecular formula is C37H44FN3O4S. The van der Waals surface area contributed by atoms with Crippen molar-refractivity contribution in [2.45, 2.75) is 69.9 Å². The van der Waals surface area contributed by atoms with E-state index in [9.17, 15) is 22.4 Å². The van der Waals surface area contributed by atoms with Crippen LogP contribution >= 0.6 is 0 Å². The predicted octanol–water partition coefficient (Wildman–Crippen LogP) is 5.84. The highest BCUT2D eigenvalue weighted by atomic mass is 32.2. The molecule has 3 aromatic carbocycles. The average Bonchev–Trinajstić information content (AvgIpc) is 3.02. The fraction of sp³-hybridized carbons (Fsp3) is 0.459. The van der Waals surface area contributed by atoms with Gasteiger partial charge in [0.15, 0.2) is 0 Å². The molecule has 0 saturated heterocycles. The van der Waals surface area contributed by atoms with E-state index in [0.717, 1.165) is 33.9 Å². The van der Waals surface area contributed by atoms with E-state index in [2.05, 4.69) is 17.4 Å². The van der Waals surface area contributed by atoms with Gasteiger partial charge in [0.1, 0.15) is 18.4 Å². The minimum absolute atomic E-state index is 0.160. The molecule has 0 aromatic heterocycles. The van der Waals surface area contributed by atoms with E-state index < -0.39 is 34.3 Å². The van der Waals surface area contributed by atoms with Crippen LogP contribution in [0.25, 0.3) is 0 Å². The zero-order valence-corrected chi connectivity index (χ0v) is 27.5. The lowest BCUT2D eigenvalue weighted by Crippen LogP contribution is -2.53. The van der Waals surface area contributed by atoms with E-state index in [0.29, 0.717) is 12.2 Å². The summed E-state index contributed by atoms with van der Waals surface area (Å²) in [7, 11) is -3.89. The summed E-state index contributed by atoms with van der Waals surface area (Å²) in [5.41, 5.74) is 2.88. The summed E-state index contributed by atoms with van der Waals surface area (Å²) in [6.45, 7) is 1.42. The number of nitrogens with one attached hydrogen (secondary N) is 1. The van der Waals surface area contributed by atoms with E-state index >= 15 is 0 Å². The molecule has 7 rings (SSSR count). The van der Waals surface area contributed by atoms with Crippen molar-refractivity contribution < 1.29 is 22.4 Å². The molecule has 4 aliphatic rings. The van der Waals surface area contributed by atoms with Crippen molar-refractivity contribution in [1.82, 2.24) is 10.2 Å². The molecule has 2 amide bonds. The first-order valence-corrected chi connectivity index (χ1v) is 18.3. The SMILES string of the molecule is CCNC(=O)[C@H](Cc1ccccc1)N(Cc1ccccc1F)C(=O)CN(c1ccc(C23CC4CC(CC(C4)C2)C3)cc1)S(C)(=O)=O. The summed E-state index contributed by atoms with van der Waals surface area (Å²) in [6, 6.07) is 22.2. The molecule has 46 heavy (non-hydrogen) atoms. The lowest BCUT2D eigenvalue weighted by atomic mass is 9.48. The Labute approximate surface area is 272 Å². The second-order valence-electron chi connectivity index (χ2n) is 13.7. The summed E-state index contributed by atoms with van der Waals surface area (Å²) in [5.74, 6) is 0.864. The van der Waals surface area contributed by atoms with Crippen molar-refractivity contribution in [3.63, 3.8) is 0 Å². The predicted molar refractivity (Wildman–Crippen MR) is 178 cm³/mol. The van der Waals surface area contributed by atoms with Gasteiger partial charge in [0.2, 0.25) is 21.8 Å². The van der Waals surface area contributed by atoms with Crippen molar-refractivity contribution in [3.8, 4) is 0 Å². The van der Waals surface area contributed by atoms with Crippen LogP contribution in [0.5, 0.6) is 0 Å². The summed E-state index contributed by atoms with van der Waals surface area (Å²) >= 11 is 0. The van der Waals surface area contributed by atoms with Crippen molar-refractivity contribution in [2.24, 2.45) is 17.8 Å². The highest BCUT2D eigenvalue weighted by Crippen LogP contribution is 2.60. The normalized spacial score (nSPS) is 23.9. The third-order valence-electron chi connectivity index (χ3n) is 10.4. The van der Waals surface area contributed by atoms with Gasteiger partial charge in [0, 0.05) is 25.1 Å². The Morgan fingerprint density at radius 1 is 0.891 bits per heavy atom. The van der Waals surface area contributed by atoms with Gasteiger partial charge in [-0.2, -0.15) is 0 Å². The Bertz CT molecular complexity index is 1630. The van der Waals surface area contributed by atoms with Crippen LogP contribution in [0.1, 0.15) is 62.1 Å². The van der Waals surface area contributed by atoms with Crippen LogP contribution in [0.2, 0.25) is 0 Å². The van der Waals surface area contributed by atoms with E-state index in [-0.39, 0.29) is 29.9 Å². The molecule has 1 N–H and O–H groups in total. The number of carbonyl (C=O) groups is 2. The number of hydrogen-bond acceptors (Lipinski definition) is 4. The molecule has 0 aliphatic heterocycles. The van der Waals surface area contributed by atoms with Gasteiger partial charge >= 0.3 is 0 Å². The van der Waals surface area contributed by atoms with Crippen LogP contribution in [0, 0.1) is 23.6 Å². The molecule has 1 atom stereocenters. The maximum Gasteiger partial charge on any atom is 0.244 e. The molecule has 0 heterocycles. The minimum atomic E-state index is -3.89. The van der Waals surface area contributed by atoms with Crippen LogP contribution in [0.15, 0.2) is 78.9 Å². The quantitative estimate of drug-likeness (QED) is 0.268. The zero-order chi connectivity index (χ0) is 32.5. The van der Waals surface area contributed by atoms with E-state index in [1.54, 1.807) is 25.1 Å². The molecule has 3 aromatic rings. The third-order valence-corrected chi connectivity index (χ3v) is 11.5. The van der Waals surface area contributed by atoms with Crippen molar-refractivity contribution in [3.05, 3.63) is 101 Å². The first-order valence-electron chi connectivity index (χ1n) is 16.5. The number of sulfonamides is 1. The van der Waals surface area contributed by atoms with Gasteiger partial charge in [-0.1, -0.05) is 60.7 Å². The zero-order valence-electron chi connectivity index (χ0n) is 26.7. The number of carbonyl (C=O) groups excluding carboxylic acids is 2. The second kappa shape index (κ2) is 13.2. The maximum atomic E-state index is 14.9. The number of amides is 2. The molecule has 0 radical (unpaired) electrons. The maximum absolute atomic E-state index is 14.9. The summed E-state index contributed by atoms with van der Waals surface area (Å²) in [4.78, 5) is 29.1. The smallest absolute Gasteiger partial charge is 0.244 e. The fourth-order valence-corrected chi connectivity index (χ4v) is 9.56. The molecule has 244 valence electrons. The van der Waals surface area contributed by atoms with Gasteiger partial charge in [0.25, 0.3) is 0 Å². The standard InChI is InChI=1S/C37H44FN3O4S/c1-3-39-36(43)34(20-26-9-5-4-6-10-26)40(24-30-11-7-8-12-33(30)38)35(42)25-41(46(2,44)45)32-15-13-31(14-16-32)37-21-27-17-28(22-37)19-29(18-27)23-37/h4-16,27-29,34H,3,17-25H2,1-2H3,(H,39,43)/t27?,28?,29?,34-,37?/m0/s1. The lowest BCUT2D eigenvalue weighted by Gasteiger charge is -2.57. The van der Waals surface area contributed by atoms with Crippen molar-refractivity contribution >= 4 is 27.5 Å². The second-order valence-corrected chi connectivity index (χ2v) is 15.6. The van der Waals surface area contributed by atoms with Crippen LogP contribution in [-0.4, -0.2) is 50.5 Å². The van der Waals surface area contributed by atoms with Gasteiger partial charge in [-0.15, -0.1) is 0 Å². The number of likely N-dealkylation sites (N-methyl/N-ethyl adjacent to an activating group) is 1. The number of rotatable bonds is 12. The number of halogens is 1. The fourth-order valence-electron chi connectivity index (χ4n) is 8.72. The number of nitrogens with zero attached hydrogens (tertiary/aromatic N) is 2. The highest BCUT2D eigenvalue weighted by molar-refractivity contribution is 7.92. The molecule has 4 bridgehead atoms. The van der Waals surface area contributed by atoms with Crippen LogP contribution in [0.4, 0.5) is 10.1 Å². The lowest BCUT2D eigenvalue weighted by molar-refractivity contribution is -0.140. The molecule has 7 nitrogen and oxygen atoms in total. The van der Waals surface area contributed by atoms with E-state index in [4.69, 9.17) is 0 Å². The van der Waals surface area contributed by atoms with Crippen LogP contribution < -0.4 is 9.62 Å². The summed E-state index contributed by atoms with van der Waals surface area (Å²) in [5, 5.41) is 2.82. The van der Waals surface area contributed by atoms with Crippen molar-refractivity contribution in [1.29, 1.82) is 0 Å². The molecule has 0 spiro atoms. The molecule has 4 fully saturated rings. The Hall–Kier alpha value is -3.72. The monoisotopic (exact) mass is 645 g/mol. The average molecular weight is 646 g/mol. The Balaban J connectivity index is 1.30. The molecular weight excluding hydrogens is 601 g/mol. The van der Waals surface area contributed by atoms with Crippen LogP contribution in [0.3, 0.4) is 0 Å². The number of hydrogen-bond donors (Lipinski definition) is 1. The Morgan fingerprint density at radius 3 is 2.04 bits per heavy atom. The first kappa shape index (κ1) is 32.2. The largest absolute Gasteiger partial charge is 0.355 e. The van der Waals surface area contributed by atoms with E-state index in [1.165, 1.54) is 55.1 Å². The van der Waals surface area contributed by atoms with Gasteiger partial charge < -0.3 is 10.2 Å². The Morgan fingerprint density at radius 2 is 1.48 bits per heavy atom. The third kappa shape index (κ3) is 6.85. The minimum Gasteiger partial charge on any atom is -0.355 e. The Kier molecular flexibility index (Phi) is 9.24. The topological polar surface area (TPSA) is 86.8 Å². The highest BCUT2D eigenvalue weighted by Gasteiger charge is 2.51. The molecule has 0 unspecified atom stereocenters. The number of anilines is 1. The van der Waals surface area contributed by atoms with Gasteiger partial charge in [-0.05, 0) is 97.9 Å². The van der Waals surface area contributed by atoms with Crippen molar-refractivity contribution in [2.75, 3.05) is 23.7 Å². The molecule has 9 heteroatoms. The van der Waals surface area contributed by atoms with Gasteiger partial charge in [0.05, 0.1) is 11.9 Å². The summed E-state index contributed by atoms with van der Waals surface area (Å²) in [6.07, 6.45) is 8.87.